The number of guanidine groups is 1. The molecule has 5 atom stereocenters. The molecule has 0 aromatic heterocycles. The number of aliphatic hydroxyl groups excluding tert-OH is 1. The fourth-order valence-electron chi connectivity index (χ4n) is 4.43. The minimum Gasteiger partial charge on any atom is -0.394 e. The summed E-state index contributed by atoms with van der Waals surface area (Å²) in [6.07, 6.45) is 1.12. The van der Waals surface area contributed by atoms with Crippen LogP contribution >= 0.6 is 0 Å². The third kappa shape index (κ3) is 15.4. The quantitative estimate of drug-likeness (QED) is 0.0441. The number of nitrogens with zero attached hydrogens (tertiary/aromatic N) is 1. The van der Waals surface area contributed by atoms with E-state index < -0.39 is 66.4 Å². The van der Waals surface area contributed by atoms with Crippen LogP contribution in [0.5, 0.6) is 0 Å². The smallest absolute Gasteiger partial charge is 0.243 e. The van der Waals surface area contributed by atoms with Gasteiger partial charge >= 0.3 is 0 Å². The van der Waals surface area contributed by atoms with E-state index in [0.29, 0.717) is 6.42 Å². The molecule has 0 heterocycles. The zero-order valence-electron chi connectivity index (χ0n) is 26.6. The maximum atomic E-state index is 13.6. The lowest BCUT2D eigenvalue weighted by atomic mass is 9.98. The van der Waals surface area contributed by atoms with Crippen molar-refractivity contribution >= 4 is 35.5 Å². The Balaban J connectivity index is 3.15. The average Bonchev–Trinajstić information content (AvgIpc) is 2.96. The van der Waals surface area contributed by atoms with Crippen LogP contribution in [0, 0.1) is 11.8 Å². The van der Waals surface area contributed by atoms with E-state index in [2.05, 4.69) is 26.3 Å². The second-order valence-electron chi connectivity index (χ2n) is 11.8. The van der Waals surface area contributed by atoms with Crippen LogP contribution in [0.25, 0.3) is 0 Å². The van der Waals surface area contributed by atoms with Crippen LogP contribution in [0.15, 0.2) is 35.3 Å². The maximum absolute atomic E-state index is 13.6. The summed E-state index contributed by atoms with van der Waals surface area (Å²) in [5, 5.41) is 19.9. The molecule has 252 valence electrons. The number of rotatable bonds is 20. The van der Waals surface area contributed by atoms with E-state index in [-0.39, 0.29) is 50.0 Å². The van der Waals surface area contributed by atoms with Gasteiger partial charge < -0.3 is 49.3 Å². The van der Waals surface area contributed by atoms with Crippen LogP contribution < -0.4 is 44.2 Å². The Kier molecular flexibility index (Phi) is 17.2. The van der Waals surface area contributed by atoms with Crippen LogP contribution in [-0.2, 0) is 30.4 Å². The van der Waals surface area contributed by atoms with Gasteiger partial charge in [0.25, 0.3) is 0 Å². The number of carbonyl (C=O) groups excluding carboxylic acids is 5. The molecule has 0 aliphatic carbocycles. The van der Waals surface area contributed by atoms with Crippen molar-refractivity contribution < 1.29 is 29.1 Å². The van der Waals surface area contributed by atoms with Crippen molar-refractivity contribution in [3.8, 4) is 0 Å². The van der Waals surface area contributed by atoms with Crippen LogP contribution in [0.3, 0.4) is 0 Å². The van der Waals surface area contributed by atoms with E-state index in [1.807, 2.05) is 33.8 Å². The molecule has 13 N–H and O–H groups in total. The molecular weight excluding hydrogens is 582 g/mol. The van der Waals surface area contributed by atoms with Gasteiger partial charge in [0.15, 0.2) is 5.96 Å². The van der Waals surface area contributed by atoms with Crippen LogP contribution in [-0.4, -0.2) is 84.0 Å². The van der Waals surface area contributed by atoms with Gasteiger partial charge in [-0.3, -0.25) is 29.0 Å². The minimum absolute atomic E-state index is 0.0192. The summed E-state index contributed by atoms with van der Waals surface area (Å²) < 4.78 is 0. The molecule has 0 aliphatic rings. The molecule has 1 aromatic carbocycles. The largest absolute Gasteiger partial charge is 0.394 e. The van der Waals surface area contributed by atoms with E-state index in [9.17, 15) is 29.1 Å². The summed E-state index contributed by atoms with van der Waals surface area (Å²) in [4.78, 5) is 68.8. The van der Waals surface area contributed by atoms with Gasteiger partial charge in [0, 0.05) is 13.0 Å². The zero-order valence-corrected chi connectivity index (χ0v) is 26.6. The number of carbonyl (C=O) groups is 5. The van der Waals surface area contributed by atoms with E-state index in [0.717, 1.165) is 5.56 Å². The fraction of sp³-hybridized carbons (Fsp3) is 0.600. The van der Waals surface area contributed by atoms with Crippen LogP contribution in [0.2, 0.25) is 0 Å². The summed E-state index contributed by atoms with van der Waals surface area (Å²) >= 11 is 0. The molecule has 0 saturated heterocycles. The van der Waals surface area contributed by atoms with Gasteiger partial charge in [0.2, 0.25) is 29.5 Å². The molecule has 0 saturated carbocycles. The number of nitrogens with two attached hydrogens (primary N) is 4. The van der Waals surface area contributed by atoms with Crippen molar-refractivity contribution in [1.29, 1.82) is 0 Å². The molecule has 0 radical (unpaired) electrons. The first kappa shape index (κ1) is 38.8. The number of aliphatic hydroxyl groups is 1. The van der Waals surface area contributed by atoms with Crippen molar-refractivity contribution in [1.82, 2.24) is 21.3 Å². The molecular formula is C30H51N9O6. The van der Waals surface area contributed by atoms with E-state index in [1.165, 1.54) is 0 Å². The Hall–Kier alpha value is -4.24. The molecule has 0 unspecified atom stereocenters. The maximum Gasteiger partial charge on any atom is 0.243 e. The molecule has 1 rings (SSSR count). The highest BCUT2D eigenvalue weighted by Gasteiger charge is 2.32. The Morgan fingerprint density at radius 1 is 0.733 bits per heavy atom. The summed E-state index contributed by atoms with van der Waals surface area (Å²) in [6, 6.07) is 3.49. The fourth-order valence-corrected chi connectivity index (χ4v) is 4.43. The number of aliphatic imine (C=N–C) groups is 1. The summed E-state index contributed by atoms with van der Waals surface area (Å²) in [7, 11) is 0. The van der Waals surface area contributed by atoms with Gasteiger partial charge in [-0.1, -0.05) is 58.0 Å². The number of primary amides is 1. The van der Waals surface area contributed by atoms with Gasteiger partial charge in [-0.2, -0.15) is 0 Å². The summed E-state index contributed by atoms with van der Waals surface area (Å²) in [5.74, 6) is -3.49. The van der Waals surface area contributed by atoms with Crippen LogP contribution in [0.1, 0.15) is 58.9 Å². The average molecular weight is 634 g/mol. The lowest BCUT2D eigenvalue weighted by molar-refractivity contribution is -0.135. The highest BCUT2D eigenvalue weighted by molar-refractivity contribution is 5.95. The number of hydrogen-bond donors (Lipinski definition) is 9. The van der Waals surface area contributed by atoms with E-state index in [4.69, 9.17) is 22.9 Å². The molecule has 15 heteroatoms. The summed E-state index contributed by atoms with van der Waals surface area (Å²) in [6.45, 7) is 7.10. The SMILES string of the molecule is CC(C)C[C@H](NC(=O)[C@H](CC(C)C)NC(=O)[C@H](Cc1ccccc1)NC(=O)[C@H](N)CO)C(=O)N[C@@H](CCCN=C(N)N)C(N)=O. The van der Waals surface area contributed by atoms with E-state index >= 15 is 0 Å². The van der Waals surface area contributed by atoms with Gasteiger partial charge in [-0.25, -0.2) is 0 Å². The highest BCUT2D eigenvalue weighted by atomic mass is 16.3. The second-order valence-corrected chi connectivity index (χ2v) is 11.8. The summed E-state index contributed by atoms with van der Waals surface area (Å²) in [5.41, 5.74) is 22.6. The number of nitrogens with one attached hydrogen (secondary N) is 4. The topological polar surface area (TPSA) is 270 Å². The standard InChI is InChI=1S/C30H51N9O6/c1-17(2)13-22(27(43)36-21(25(32)41)11-8-12-35-30(33)34)38-28(44)23(14-18(3)4)39-29(45)24(37-26(42)20(31)16-40)15-19-9-6-5-7-10-19/h5-7,9-10,17-18,20-24,40H,8,11-16,31H2,1-4H3,(H2,32,41)(H,36,43)(H,37,42)(H,38,44)(H,39,45)(H4,33,34,35)/t20-,21+,22+,23+,24+/m1/s1. The molecule has 45 heavy (non-hydrogen) atoms. The third-order valence-corrected chi connectivity index (χ3v) is 6.73. The second kappa shape index (κ2) is 19.9. The molecule has 0 bridgehead atoms. The van der Waals surface area contributed by atoms with Gasteiger partial charge in [0.05, 0.1) is 6.61 Å². The monoisotopic (exact) mass is 633 g/mol. The molecule has 15 nitrogen and oxygen atoms in total. The van der Waals surface area contributed by atoms with E-state index in [1.54, 1.807) is 24.3 Å². The Morgan fingerprint density at radius 2 is 1.20 bits per heavy atom. The van der Waals surface area contributed by atoms with Gasteiger partial charge in [-0.05, 0) is 43.1 Å². The highest BCUT2D eigenvalue weighted by Crippen LogP contribution is 2.11. The van der Waals surface area contributed by atoms with Crippen molar-refractivity contribution in [2.75, 3.05) is 13.2 Å². The third-order valence-electron chi connectivity index (χ3n) is 6.73. The molecule has 0 spiro atoms. The Labute approximate surface area is 264 Å². The Morgan fingerprint density at radius 3 is 1.64 bits per heavy atom. The molecule has 0 aliphatic heterocycles. The van der Waals surface area contributed by atoms with Gasteiger partial charge in [-0.15, -0.1) is 0 Å². The van der Waals surface area contributed by atoms with Crippen molar-refractivity contribution in [2.24, 2.45) is 39.8 Å². The number of benzene rings is 1. The van der Waals surface area contributed by atoms with Crippen molar-refractivity contribution in [2.45, 2.75) is 90.0 Å². The lowest BCUT2D eigenvalue weighted by Crippen LogP contribution is -2.59. The Bertz CT molecular complexity index is 1140. The first-order chi connectivity index (χ1) is 21.1. The van der Waals surface area contributed by atoms with Crippen molar-refractivity contribution in [3.05, 3.63) is 35.9 Å². The van der Waals surface area contributed by atoms with Crippen LogP contribution in [0.4, 0.5) is 0 Å². The minimum atomic E-state index is -1.24. The molecule has 1 aromatic rings. The predicted molar refractivity (Wildman–Crippen MR) is 171 cm³/mol. The first-order valence-electron chi connectivity index (χ1n) is 15.1. The molecule has 0 fully saturated rings. The molecule has 5 amide bonds. The number of amides is 5. The predicted octanol–water partition coefficient (Wildman–Crippen LogP) is -1.88. The zero-order chi connectivity index (χ0) is 34.1. The normalized spacial score (nSPS) is 14.4. The first-order valence-corrected chi connectivity index (χ1v) is 15.1. The number of hydrogen-bond acceptors (Lipinski definition) is 8. The van der Waals surface area contributed by atoms with Crippen molar-refractivity contribution in [3.63, 3.8) is 0 Å². The lowest BCUT2D eigenvalue weighted by Gasteiger charge is -2.28. The van der Waals surface area contributed by atoms with Gasteiger partial charge in [0.1, 0.15) is 30.2 Å².